The number of carbonyl (C=O) groups is 4. The number of nitrogens with zero attached hydrogens (tertiary/aromatic N) is 3. The Morgan fingerprint density at radius 3 is 2.41 bits per heavy atom. The summed E-state index contributed by atoms with van der Waals surface area (Å²) in [5, 5.41) is 5.09. The second-order valence-electron chi connectivity index (χ2n) is 9.62. The maximum absolute atomic E-state index is 13.1. The van der Waals surface area contributed by atoms with Gasteiger partial charge in [0.1, 0.15) is 6.10 Å². The number of hydrogen-bond acceptors (Lipinski definition) is 9. The van der Waals surface area contributed by atoms with Crippen molar-refractivity contribution in [2.45, 2.75) is 65.2 Å². The number of carbonyl (C=O) groups excluding carboxylic acids is 4. The van der Waals surface area contributed by atoms with E-state index in [1.165, 1.54) is 18.3 Å². The minimum absolute atomic E-state index is 0.0565. The van der Waals surface area contributed by atoms with E-state index < -0.39 is 36.0 Å². The molecule has 1 heterocycles. The first kappa shape index (κ1) is 33.8. The van der Waals surface area contributed by atoms with E-state index in [2.05, 4.69) is 15.6 Å². The summed E-state index contributed by atoms with van der Waals surface area (Å²) in [6.07, 6.45) is -0.400. The molecule has 2 amide bonds. The van der Waals surface area contributed by atoms with E-state index >= 15 is 0 Å². The molecule has 1 rings (SSSR count). The number of pyridine rings is 1. The molecule has 0 spiro atoms. The van der Waals surface area contributed by atoms with Gasteiger partial charge in [0.05, 0.1) is 30.3 Å². The average molecular weight is 558 g/mol. The van der Waals surface area contributed by atoms with Crippen LogP contribution >= 0.6 is 0 Å². The smallest absolute Gasteiger partial charge is 0.338 e. The van der Waals surface area contributed by atoms with Crippen molar-refractivity contribution in [2.24, 2.45) is 0 Å². The van der Waals surface area contributed by atoms with Crippen LogP contribution < -0.4 is 10.6 Å². The van der Waals surface area contributed by atoms with Gasteiger partial charge in [-0.15, -0.1) is 0 Å². The van der Waals surface area contributed by atoms with Gasteiger partial charge in [0, 0.05) is 52.3 Å². The Labute approximate surface area is 228 Å². The molecule has 0 aliphatic rings. The maximum Gasteiger partial charge on any atom is 0.338 e. The Hall–Kier alpha value is -3.19. The third-order valence-corrected chi connectivity index (χ3v) is 5.37. The predicted molar refractivity (Wildman–Crippen MR) is 140 cm³/mol. The Kier molecular flexibility index (Phi) is 14.5. The second kappa shape index (κ2) is 16.7. The average Bonchev–Trinajstić information content (AvgIpc) is 2.83. The highest BCUT2D eigenvalue weighted by atomic mass is 19.3. The van der Waals surface area contributed by atoms with Crippen molar-refractivity contribution in [3.63, 3.8) is 0 Å². The van der Waals surface area contributed by atoms with Gasteiger partial charge in [-0.25, -0.2) is 4.79 Å². The zero-order valence-electron chi connectivity index (χ0n) is 23.6. The van der Waals surface area contributed by atoms with Crippen molar-refractivity contribution in [2.75, 3.05) is 46.8 Å². The zero-order chi connectivity index (χ0) is 29.6. The summed E-state index contributed by atoms with van der Waals surface area (Å²) >= 11 is 0. The Morgan fingerprint density at radius 2 is 1.82 bits per heavy atom. The molecular weight excluding hydrogens is 516 g/mol. The van der Waals surface area contributed by atoms with Crippen LogP contribution in [0, 0.1) is 0 Å². The van der Waals surface area contributed by atoms with E-state index in [-0.39, 0.29) is 43.9 Å². The zero-order valence-corrected chi connectivity index (χ0v) is 23.6. The normalized spacial score (nSPS) is 12.3. The third-order valence-electron chi connectivity index (χ3n) is 5.37. The van der Waals surface area contributed by atoms with E-state index in [1.54, 1.807) is 18.7 Å². The molecule has 0 radical (unpaired) electrons. The molecule has 0 aliphatic carbocycles. The molecule has 11 nitrogen and oxygen atoms in total. The van der Waals surface area contributed by atoms with Gasteiger partial charge in [-0.1, -0.05) is 0 Å². The van der Waals surface area contributed by atoms with Gasteiger partial charge < -0.3 is 29.9 Å². The van der Waals surface area contributed by atoms with E-state index in [0.717, 1.165) is 6.54 Å². The monoisotopic (exact) mass is 557 g/mol. The molecule has 220 valence electrons. The fourth-order valence-electron chi connectivity index (χ4n) is 3.31. The minimum Gasteiger partial charge on any atom is -0.463 e. The van der Waals surface area contributed by atoms with Crippen LogP contribution in [0.25, 0.3) is 0 Å². The number of hydrogen-bond donors (Lipinski definition) is 2. The van der Waals surface area contributed by atoms with Crippen LogP contribution in [0.1, 0.15) is 56.6 Å². The molecule has 13 heteroatoms. The first-order valence-corrected chi connectivity index (χ1v) is 12.9. The molecule has 0 aliphatic heterocycles. The predicted octanol–water partition coefficient (Wildman–Crippen LogP) is 1.61. The quantitative estimate of drug-likeness (QED) is 0.274. The van der Waals surface area contributed by atoms with Gasteiger partial charge in [-0.05, 0) is 47.0 Å². The molecule has 1 atom stereocenters. The molecule has 0 bridgehead atoms. The largest absolute Gasteiger partial charge is 0.463 e. The fraction of sp³-hybridized carbons (Fsp3) is 0.654. The fourth-order valence-corrected chi connectivity index (χ4v) is 3.31. The first-order valence-electron chi connectivity index (χ1n) is 12.9. The van der Waals surface area contributed by atoms with Crippen LogP contribution in [0.15, 0.2) is 18.3 Å². The van der Waals surface area contributed by atoms with Crippen LogP contribution in [0.5, 0.6) is 0 Å². The summed E-state index contributed by atoms with van der Waals surface area (Å²) in [5.74, 6) is -6.48. The topological polar surface area (TPSA) is 130 Å². The summed E-state index contributed by atoms with van der Waals surface area (Å²) in [5.41, 5.74) is 0.641. The summed E-state index contributed by atoms with van der Waals surface area (Å²) in [6, 6.07) is 2.92. The lowest BCUT2D eigenvalue weighted by molar-refractivity contribution is -0.149. The van der Waals surface area contributed by atoms with Gasteiger partial charge in [0.25, 0.3) is 5.91 Å². The number of alkyl halides is 2. The number of esters is 2. The molecular formula is C26H41F2N5O6. The molecule has 2 N–H and O–H groups in total. The van der Waals surface area contributed by atoms with Crippen LogP contribution in [-0.2, 0) is 30.4 Å². The lowest BCUT2D eigenvalue weighted by Crippen LogP contribution is -2.41. The van der Waals surface area contributed by atoms with Crippen molar-refractivity contribution in [3.05, 3.63) is 29.6 Å². The van der Waals surface area contributed by atoms with Gasteiger partial charge >= 0.3 is 17.9 Å². The number of nitrogens with one attached hydrogen (secondary N) is 2. The number of amides is 2. The highest BCUT2D eigenvalue weighted by Gasteiger charge is 2.32. The van der Waals surface area contributed by atoms with Crippen molar-refractivity contribution in [1.29, 1.82) is 0 Å². The molecule has 0 fully saturated rings. The van der Waals surface area contributed by atoms with E-state index in [4.69, 9.17) is 9.47 Å². The van der Waals surface area contributed by atoms with Crippen molar-refractivity contribution in [3.8, 4) is 0 Å². The Bertz CT molecular complexity index is 955. The number of halogens is 2. The van der Waals surface area contributed by atoms with E-state index in [1.807, 2.05) is 25.9 Å². The lowest BCUT2D eigenvalue weighted by Gasteiger charge is -2.23. The molecule has 39 heavy (non-hydrogen) atoms. The number of likely N-dealkylation sites (N-methyl/N-ethyl adjacent to an activating group) is 2. The molecule has 1 aromatic rings. The lowest BCUT2D eigenvalue weighted by atomic mass is 10.1. The van der Waals surface area contributed by atoms with E-state index in [9.17, 15) is 28.0 Å². The number of aromatic nitrogens is 1. The minimum atomic E-state index is -3.56. The summed E-state index contributed by atoms with van der Waals surface area (Å²) in [4.78, 5) is 56.8. The Balaban J connectivity index is 2.76. The standard InChI is InChI=1S/C26H41F2N5O6/c1-7-33(13-12-32(5)6)22(34)17-29-16-20-14-19(8-10-30-20)24(36)39-21(15-23(35)38-18(2)3)9-11-31-25(37)26(4,27)28/h8,10,14,18,21,29H,7,9,11-13,15-17H2,1-6H3,(H,31,37). The number of rotatable bonds is 17. The summed E-state index contributed by atoms with van der Waals surface area (Å²) in [6.45, 7) is 7.73. The maximum atomic E-state index is 13.1. The van der Waals surface area contributed by atoms with Gasteiger partial charge in [0.2, 0.25) is 5.91 Å². The van der Waals surface area contributed by atoms with Gasteiger partial charge in [0.15, 0.2) is 0 Å². The highest BCUT2D eigenvalue weighted by molar-refractivity contribution is 5.89. The Morgan fingerprint density at radius 1 is 1.13 bits per heavy atom. The van der Waals surface area contributed by atoms with Crippen molar-refractivity contribution < 1.29 is 37.4 Å². The van der Waals surface area contributed by atoms with Crippen molar-refractivity contribution in [1.82, 2.24) is 25.4 Å². The molecule has 1 unspecified atom stereocenters. The second-order valence-corrected chi connectivity index (χ2v) is 9.62. The molecule has 0 saturated heterocycles. The third kappa shape index (κ3) is 14.0. The van der Waals surface area contributed by atoms with Crippen LogP contribution in [0.2, 0.25) is 0 Å². The molecule has 0 aromatic carbocycles. The highest BCUT2D eigenvalue weighted by Crippen LogP contribution is 2.14. The summed E-state index contributed by atoms with van der Waals surface area (Å²) < 4.78 is 36.8. The van der Waals surface area contributed by atoms with Crippen LogP contribution in [0.4, 0.5) is 8.78 Å². The van der Waals surface area contributed by atoms with Crippen molar-refractivity contribution >= 4 is 23.8 Å². The molecule has 0 saturated carbocycles. The first-order chi connectivity index (χ1) is 18.2. The summed E-state index contributed by atoms with van der Waals surface area (Å²) in [7, 11) is 3.87. The number of ether oxygens (including phenoxy) is 2. The van der Waals surface area contributed by atoms with Gasteiger partial charge in [-0.2, -0.15) is 8.78 Å². The molecule has 1 aromatic heterocycles. The van der Waals surface area contributed by atoms with E-state index in [0.29, 0.717) is 25.7 Å². The van der Waals surface area contributed by atoms with Crippen LogP contribution in [-0.4, -0.2) is 103 Å². The van der Waals surface area contributed by atoms with Gasteiger partial charge in [-0.3, -0.25) is 19.4 Å². The SMILES string of the molecule is CCN(CCN(C)C)C(=O)CNCc1cc(C(=O)OC(CCNC(=O)C(C)(F)F)CC(=O)OC(C)C)ccn1. The van der Waals surface area contributed by atoms with Crippen LogP contribution in [0.3, 0.4) is 0 Å².